The van der Waals surface area contributed by atoms with Crippen molar-refractivity contribution in [2.75, 3.05) is 49.1 Å². The zero-order valence-corrected chi connectivity index (χ0v) is 15.5. The van der Waals surface area contributed by atoms with Gasteiger partial charge in [-0.05, 0) is 56.3 Å². The van der Waals surface area contributed by atoms with E-state index in [1.165, 1.54) is 23.5 Å². The van der Waals surface area contributed by atoms with Crippen LogP contribution in [-0.4, -0.2) is 50.1 Å². The van der Waals surface area contributed by atoms with Crippen molar-refractivity contribution in [3.63, 3.8) is 0 Å². The average molecular weight is 355 g/mol. The minimum absolute atomic E-state index is 0.0963. The number of piperazine rings is 1. The molecule has 1 fully saturated rings. The van der Waals surface area contributed by atoms with Crippen LogP contribution in [0.3, 0.4) is 0 Å². The van der Waals surface area contributed by atoms with Crippen LogP contribution in [0.4, 0.5) is 15.8 Å². The Labute approximate surface area is 154 Å². The number of amides is 1. The van der Waals surface area contributed by atoms with Gasteiger partial charge in [-0.2, -0.15) is 0 Å². The SMILES string of the molecule is CCN(CC)c1ccc(N2CCN(C(=O)c3cccc(F)c3)CC2)cc1. The summed E-state index contributed by atoms with van der Waals surface area (Å²) in [6, 6.07) is 14.5. The van der Waals surface area contributed by atoms with Gasteiger partial charge in [0.1, 0.15) is 5.82 Å². The van der Waals surface area contributed by atoms with Crippen LogP contribution in [0.5, 0.6) is 0 Å². The van der Waals surface area contributed by atoms with Crippen LogP contribution in [0.2, 0.25) is 0 Å². The van der Waals surface area contributed by atoms with E-state index in [4.69, 9.17) is 0 Å². The smallest absolute Gasteiger partial charge is 0.254 e. The van der Waals surface area contributed by atoms with Gasteiger partial charge in [0, 0.05) is 56.2 Å². The van der Waals surface area contributed by atoms with Gasteiger partial charge in [0.05, 0.1) is 0 Å². The van der Waals surface area contributed by atoms with Crippen LogP contribution in [0.25, 0.3) is 0 Å². The number of rotatable bonds is 5. The quantitative estimate of drug-likeness (QED) is 0.819. The van der Waals surface area contributed by atoms with E-state index < -0.39 is 0 Å². The lowest BCUT2D eigenvalue weighted by Crippen LogP contribution is -2.48. The first-order chi connectivity index (χ1) is 12.6. The molecule has 1 aliphatic heterocycles. The monoisotopic (exact) mass is 355 g/mol. The molecule has 1 heterocycles. The summed E-state index contributed by atoms with van der Waals surface area (Å²) in [5, 5.41) is 0. The number of hydrogen-bond acceptors (Lipinski definition) is 3. The maximum atomic E-state index is 13.3. The summed E-state index contributed by atoms with van der Waals surface area (Å²) in [4.78, 5) is 18.9. The first-order valence-electron chi connectivity index (χ1n) is 9.27. The molecule has 1 amide bonds. The van der Waals surface area contributed by atoms with Crippen LogP contribution < -0.4 is 9.80 Å². The molecular weight excluding hydrogens is 329 g/mol. The van der Waals surface area contributed by atoms with Gasteiger partial charge in [-0.1, -0.05) is 6.07 Å². The molecule has 5 heteroatoms. The normalized spacial score (nSPS) is 14.4. The number of anilines is 2. The molecule has 0 radical (unpaired) electrons. The predicted octanol–water partition coefficient (Wildman–Crippen LogP) is 3.63. The molecule has 1 aliphatic rings. The summed E-state index contributed by atoms with van der Waals surface area (Å²) in [6.07, 6.45) is 0. The number of carbonyl (C=O) groups is 1. The second kappa shape index (κ2) is 8.21. The fourth-order valence-electron chi connectivity index (χ4n) is 3.43. The Bertz CT molecular complexity index is 735. The molecule has 138 valence electrons. The largest absolute Gasteiger partial charge is 0.372 e. The topological polar surface area (TPSA) is 26.8 Å². The number of nitrogens with zero attached hydrogens (tertiary/aromatic N) is 3. The highest BCUT2D eigenvalue weighted by Gasteiger charge is 2.22. The first-order valence-corrected chi connectivity index (χ1v) is 9.27. The molecular formula is C21H26FN3O. The molecule has 0 atom stereocenters. The van der Waals surface area contributed by atoms with Crippen molar-refractivity contribution in [3.05, 3.63) is 59.9 Å². The van der Waals surface area contributed by atoms with Crippen molar-refractivity contribution >= 4 is 17.3 Å². The lowest BCUT2D eigenvalue weighted by atomic mass is 10.1. The second-order valence-electron chi connectivity index (χ2n) is 6.48. The lowest BCUT2D eigenvalue weighted by Gasteiger charge is -2.36. The molecule has 4 nitrogen and oxygen atoms in total. The molecule has 2 aromatic rings. The molecule has 0 spiro atoms. The maximum absolute atomic E-state index is 13.3. The molecule has 0 N–H and O–H groups in total. The fourth-order valence-corrected chi connectivity index (χ4v) is 3.43. The van der Waals surface area contributed by atoms with Crippen LogP contribution in [0.1, 0.15) is 24.2 Å². The van der Waals surface area contributed by atoms with E-state index in [1.54, 1.807) is 17.0 Å². The number of halogens is 1. The van der Waals surface area contributed by atoms with Crippen molar-refractivity contribution in [2.45, 2.75) is 13.8 Å². The Kier molecular flexibility index (Phi) is 5.76. The van der Waals surface area contributed by atoms with Crippen molar-refractivity contribution < 1.29 is 9.18 Å². The highest BCUT2D eigenvalue weighted by atomic mass is 19.1. The van der Waals surface area contributed by atoms with E-state index in [0.29, 0.717) is 18.7 Å². The zero-order chi connectivity index (χ0) is 18.5. The Morgan fingerprint density at radius 2 is 1.65 bits per heavy atom. The van der Waals surface area contributed by atoms with E-state index in [2.05, 4.69) is 47.9 Å². The summed E-state index contributed by atoms with van der Waals surface area (Å²) in [5.41, 5.74) is 2.83. The molecule has 0 aliphatic carbocycles. The summed E-state index contributed by atoms with van der Waals surface area (Å²) < 4.78 is 13.3. The van der Waals surface area contributed by atoms with Crippen LogP contribution in [0, 0.1) is 5.82 Å². The van der Waals surface area contributed by atoms with Gasteiger partial charge >= 0.3 is 0 Å². The molecule has 26 heavy (non-hydrogen) atoms. The van der Waals surface area contributed by atoms with Gasteiger partial charge in [-0.3, -0.25) is 4.79 Å². The minimum atomic E-state index is -0.372. The average Bonchev–Trinajstić information content (AvgIpc) is 2.69. The van der Waals surface area contributed by atoms with Gasteiger partial charge in [-0.15, -0.1) is 0 Å². The predicted molar refractivity (Wildman–Crippen MR) is 105 cm³/mol. The number of benzene rings is 2. The highest BCUT2D eigenvalue weighted by Crippen LogP contribution is 2.22. The third-order valence-electron chi connectivity index (χ3n) is 4.98. The fraction of sp³-hybridized carbons (Fsp3) is 0.381. The van der Waals surface area contributed by atoms with Gasteiger partial charge in [0.2, 0.25) is 0 Å². The molecule has 0 bridgehead atoms. The molecule has 3 rings (SSSR count). The van der Waals surface area contributed by atoms with Crippen molar-refractivity contribution in [1.29, 1.82) is 0 Å². The summed E-state index contributed by atoms with van der Waals surface area (Å²) in [5.74, 6) is -0.469. The third-order valence-corrected chi connectivity index (χ3v) is 4.98. The zero-order valence-electron chi connectivity index (χ0n) is 15.5. The van der Waals surface area contributed by atoms with E-state index >= 15 is 0 Å². The van der Waals surface area contributed by atoms with Gasteiger partial charge in [0.25, 0.3) is 5.91 Å². The van der Waals surface area contributed by atoms with E-state index in [-0.39, 0.29) is 11.7 Å². The van der Waals surface area contributed by atoms with Crippen LogP contribution >= 0.6 is 0 Å². The second-order valence-corrected chi connectivity index (χ2v) is 6.48. The maximum Gasteiger partial charge on any atom is 0.254 e. The van der Waals surface area contributed by atoms with E-state index in [9.17, 15) is 9.18 Å². The minimum Gasteiger partial charge on any atom is -0.372 e. The first kappa shape index (κ1) is 18.2. The van der Waals surface area contributed by atoms with E-state index in [1.807, 2.05) is 0 Å². The Morgan fingerprint density at radius 1 is 1.00 bits per heavy atom. The Morgan fingerprint density at radius 3 is 2.23 bits per heavy atom. The summed E-state index contributed by atoms with van der Waals surface area (Å²) >= 11 is 0. The number of carbonyl (C=O) groups excluding carboxylic acids is 1. The summed E-state index contributed by atoms with van der Waals surface area (Å²) in [7, 11) is 0. The van der Waals surface area contributed by atoms with Crippen molar-refractivity contribution in [3.8, 4) is 0 Å². The standard InChI is InChI=1S/C21H26FN3O/c1-3-23(4-2)19-8-10-20(11-9-19)24-12-14-25(15-13-24)21(26)17-6-5-7-18(22)16-17/h5-11,16H,3-4,12-15H2,1-2H3. The summed E-state index contributed by atoms with van der Waals surface area (Å²) in [6.45, 7) is 9.17. The molecule has 0 saturated carbocycles. The van der Waals surface area contributed by atoms with Crippen LogP contribution in [0.15, 0.2) is 48.5 Å². The number of hydrogen-bond donors (Lipinski definition) is 0. The molecule has 0 unspecified atom stereocenters. The van der Waals surface area contributed by atoms with E-state index in [0.717, 1.165) is 26.2 Å². The lowest BCUT2D eigenvalue weighted by molar-refractivity contribution is 0.0746. The van der Waals surface area contributed by atoms with Crippen molar-refractivity contribution in [1.82, 2.24) is 4.90 Å². The molecule has 2 aromatic carbocycles. The van der Waals surface area contributed by atoms with Gasteiger partial charge in [-0.25, -0.2) is 4.39 Å². The Balaban J connectivity index is 1.60. The van der Waals surface area contributed by atoms with Crippen molar-refractivity contribution in [2.24, 2.45) is 0 Å². The highest BCUT2D eigenvalue weighted by molar-refractivity contribution is 5.94. The molecule has 0 aromatic heterocycles. The molecule has 1 saturated heterocycles. The van der Waals surface area contributed by atoms with Crippen LogP contribution in [-0.2, 0) is 0 Å². The Hall–Kier alpha value is -2.56. The van der Waals surface area contributed by atoms with Gasteiger partial charge in [0.15, 0.2) is 0 Å². The van der Waals surface area contributed by atoms with Gasteiger partial charge < -0.3 is 14.7 Å². The third kappa shape index (κ3) is 3.98.